The molecule has 2 heterocycles. The number of rotatable bonds is 6. The summed E-state index contributed by atoms with van der Waals surface area (Å²) in [5.41, 5.74) is 1.70. The highest BCUT2D eigenvalue weighted by Gasteiger charge is 2.27. The van der Waals surface area contributed by atoms with Crippen LogP contribution in [0.25, 0.3) is 0 Å². The average Bonchev–Trinajstić information content (AvgIpc) is 3.01. The highest BCUT2D eigenvalue weighted by Crippen LogP contribution is 2.17. The van der Waals surface area contributed by atoms with Gasteiger partial charge in [-0.3, -0.25) is 4.79 Å². The van der Waals surface area contributed by atoms with Crippen molar-refractivity contribution < 1.29 is 18.8 Å². The van der Waals surface area contributed by atoms with Crippen LogP contribution in [0.4, 0.5) is 0 Å². The third-order valence-corrected chi connectivity index (χ3v) is 3.65. The van der Waals surface area contributed by atoms with Crippen LogP contribution < -0.4 is 0 Å². The summed E-state index contributed by atoms with van der Waals surface area (Å²) in [6.07, 6.45) is 1.36. The summed E-state index contributed by atoms with van der Waals surface area (Å²) >= 11 is 0. The molecule has 1 unspecified atom stereocenters. The van der Waals surface area contributed by atoms with E-state index in [0.717, 1.165) is 30.0 Å². The van der Waals surface area contributed by atoms with E-state index in [4.69, 9.17) is 14.0 Å². The van der Waals surface area contributed by atoms with Gasteiger partial charge in [-0.15, -0.1) is 0 Å². The maximum Gasteiger partial charge on any atom is 0.227 e. The summed E-state index contributed by atoms with van der Waals surface area (Å²) in [4.78, 5) is 14.1. The third-order valence-electron chi connectivity index (χ3n) is 3.65. The Kier molecular flexibility index (Phi) is 5.14. The molecule has 0 bridgehead atoms. The first-order valence-corrected chi connectivity index (χ1v) is 6.92. The predicted octanol–water partition coefficient (Wildman–Crippen LogP) is 1.10. The Morgan fingerprint density at radius 2 is 2.25 bits per heavy atom. The number of hydrogen-bond acceptors (Lipinski definition) is 5. The Labute approximate surface area is 119 Å². The molecule has 6 nitrogen and oxygen atoms in total. The monoisotopic (exact) mass is 282 g/mol. The van der Waals surface area contributed by atoms with E-state index < -0.39 is 0 Å². The SMILES string of the molecule is COCCOC1CCN(C(=O)Cc2c(C)noc2C)C1. The normalized spacial score (nSPS) is 18.8. The van der Waals surface area contributed by atoms with Crippen LogP contribution in [0.1, 0.15) is 23.4 Å². The highest BCUT2D eigenvalue weighted by molar-refractivity contribution is 5.79. The van der Waals surface area contributed by atoms with Gasteiger partial charge in [0.2, 0.25) is 5.91 Å². The molecule has 1 atom stereocenters. The van der Waals surface area contributed by atoms with E-state index in [1.807, 2.05) is 18.7 Å². The second-order valence-electron chi connectivity index (χ2n) is 5.09. The molecule has 20 heavy (non-hydrogen) atoms. The number of methoxy groups -OCH3 is 1. The van der Waals surface area contributed by atoms with Crippen molar-refractivity contribution in [3.63, 3.8) is 0 Å². The van der Waals surface area contributed by atoms with Gasteiger partial charge in [0.15, 0.2) is 0 Å². The zero-order valence-electron chi connectivity index (χ0n) is 12.3. The molecular weight excluding hydrogens is 260 g/mol. The number of likely N-dealkylation sites (tertiary alicyclic amines) is 1. The minimum absolute atomic E-state index is 0.109. The largest absolute Gasteiger partial charge is 0.382 e. The number of amides is 1. The van der Waals surface area contributed by atoms with Crippen LogP contribution >= 0.6 is 0 Å². The lowest BCUT2D eigenvalue weighted by molar-refractivity contribution is -0.130. The van der Waals surface area contributed by atoms with Gasteiger partial charge in [0, 0.05) is 25.8 Å². The smallest absolute Gasteiger partial charge is 0.227 e. The molecule has 0 spiro atoms. The fourth-order valence-corrected chi connectivity index (χ4v) is 2.41. The lowest BCUT2D eigenvalue weighted by Crippen LogP contribution is -2.31. The van der Waals surface area contributed by atoms with Gasteiger partial charge in [-0.05, 0) is 20.3 Å². The molecule has 0 aliphatic carbocycles. The lowest BCUT2D eigenvalue weighted by atomic mass is 10.1. The van der Waals surface area contributed by atoms with Crippen molar-refractivity contribution in [2.75, 3.05) is 33.4 Å². The first-order chi connectivity index (χ1) is 9.61. The molecule has 1 saturated heterocycles. The standard InChI is InChI=1S/C14H22N2O4/c1-10-13(11(2)20-15-10)8-14(17)16-5-4-12(9-16)19-7-6-18-3/h12H,4-9H2,1-3H3. The van der Waals surface area contributed by atoms with Crippen LogP contribution in [0.2, 0.25) is 0 Å². The van der Waals surface area contributed by atoms with E-state index in [-0.39, 0.29) is 12.0 Å². The molecule has 6 heteroatoms. The van der Waals surface area contributed by atoms with Crippen LogP contribution in [-0.4, -0.2) is 55.5 Å². The molecule has 2 rings (SSSR count). The number of carbonyl (C=O) groups excluding carboxylic acids is 1. The maximum atomic E-state index is 12.3. The number of carbonyl (C=O) groups is 1. The Morgan fingerprint density at radius 1 is 1.45 bits per heavy atom. The predicted molar refractivity (Wildman–Crippen MR) is 72.5 cm³/mol. The van der Waals surface area contributed by atoms with Crippen molar-refractivity contribution in [3.05, 3.63) is 17.0 Å². The number of nitrogens with zero attached hydrogens (tertiary/aromatic N) is 2. The van der Waals surface area contributed by atoms with E-state index in [0.29, 0.717) is 26.2 Å². The van der Waals surface area contributed by atoms with Crippen LogP contribution in [0.5, 0.6) is 0 Å². The van der Waals surface area contributed by atoms with Crippen LogP contribution in [0.3, 0.4) is 0 Å². The molecule has 0 radical (unpaired) electrons. The van der Waals surface area contributed by atoms with Crippen molar-refractivity contribution in [2.45, 2.75) is 32.8 Å². The number of ether oxygens (including phenoxy) is 2. The van der Waals surface area contributed by atoms with Gasteiger partial charge in [-0.2, -0.15) is 0 Å². The zero-order valence-corrected chi connectivity index (χ0v) is 12.3. The van der Waals surface area contributed by atoms with Crippen molar-refractivity contribution in [1.82, 2.24) is 10.1 Å². The Morgan fingerprint density at radius 3 is 2.90 bits per heavy atom. The van der Waals surface area contributed by atoms with Gasteiger partial charge in [0.25, 0.3) is 0 Å². The summed E-state index contributed by atoms with van der Waals surface area (Å²) in [5, 5.41) is 3.88. The maximum absolute atomic E-state index is 12.3. The molecule has 1 aromatic heterocycles. The van der Waals surface area contributed by atoms with E-state index in [1.54, 1.807) is 7.11 Å². The topological polar surface area (TPSA) is 64.8 Å². The van der Waals surface area contributed by atoms with Crippen LogP contribution in [-0.2, 0) is 20.7 Å². The fraction of sp³-hybridized carbons (Fsp3) is 0.714. The minimum Gasteiger partial charge on any atom is -0.382 e. The van der Waals surface area contributed by atoms with Crippen molar-refractivity contribution in [3.8, 4) is 0 Å². The zero-order chi connectivity index (χ0) is 14.5. The molecular formula is C14H22N2O4. The van der Waals surface area contributed by atoms with Crippen molar-refractivity contribution in [2.24, 2.45) is 0 Å². The Balaban J connectivity index is 1.82. The van der Waals surface area contributed by atoms with E-state index in [1.165, 1.54) is 0 Å². The number of hydrogen-bond donors (Lipinski definition) is 0. The summed E-state index contributed by atoms with van der Waals surface area (Å²) < 4.78 is 15.7. The van der Waals surface area contributed by atoms with Gasteiger partial charge in [-0.25, -0.2) is 0 Å². The summed E-state index contributed by atoms with van der Waals surface area (Å²) in [6, 6.07) is 0. The highest BCUT2D eigenvalue weighted by atomic mass is 16.5. The molecule has 0 saturated carbocycles. The van der Waals surface area contributed by atoms with Gasteiger partial charge < -0.3 is 18.9 Å². The van der Waals surface area contributed by atoms with Gasteiger partial charge in [0.1, 0.15) is 5.76 Å². The quantitative estimate of drug-likeness (QED) is 0.731. The fourth-order valence-electron chi connectivity index (χ4n) is 2.41. The van der Waals surface area contributed by atoms with Crippen molar-refractivity contribution >= 4 is 5.91 Å². The first-order valence-electron chi connectivity index (χ1n) is 6.92. The number of aromatic nitrogens is 1. The number of aryl methyl sites for hydroxylation is 2. The Bertz CT molecular complexity index is 439. The van der Waals surface area contributed by atoms with E-state index >= 15 is 0 Å². The second-order valence-corrected chi connectivity index (χ2v) is 5.09. The minimum atomic E-state index is 0.109. The third kappa shape index (κ3) is 3.58. The van der Waals surface area contributed by atoms with Gasteiger partial charge in [0.05, 0.1) is 31.4 Å². The molecule has 1 amide bonds. The lowest BCUT2D eigenvalue weighted by Gasteiger charge is -2.16. The van der Waals surface area contributed by atoms with Crippen LogP contribution in [0.15, 0.2) is 4.52 Å². The molecule has 1 aliphatic heterocycles. The van der Waals surface area contributed by atoms with E-state index in [9.17, 15) is 4.79 Å². The molecule has 112 valence electrons. The molecule has 1 aliphatic rings. The summed E-state index contributed by atoms with van der Waals surface area (Å²) in [5.74, 6) is 0.834. The second kappa shape index (κ2) is 6.85. The van der Waals surface area contributed by atoms with Gasteiger partial charge in [-0.1, -0.05) is 5.16 Å². The average molecular weight is 282 g/mol. The van der Waals surface area contributed by atoms with Crippen LogP contribution in [0, 0.1) is 13.8 Å². The first kappa shape index (κ1) is 15.0. The molecule has 1 fully saturated rings. The van der Waals surface area contributed by atoms with Crippen molar-refractivity contribution in [1.29, 1.82) is 0 Å². The van der Waals surface area contributed by atoms with E-state index in [2.05, 4.69) is 5.16 Å². The Hall–Kier alpha value is -1.40. The molecule has 0 N–H and O–H groups in total. The summed E-state index contributed by atoms with van der Waals surface area (Å²) in [6.45, 7) is 6.27. The molecule has 0 aromatic carbocycles. The molecule has 1 aromatic rings. The summed E-state index contributed by atoms with van der Waals surface area (Å²) in [7, 11) is 1.65. The van der Waals surface area contributed by atoms with Gasteiger partial charge >= 0.3 is 0 Å².